The van der Waals surface area contributed by atoms with E-state index < -0.39 is 0 Å². The number of nitrogens with two attached hydrogens (primary N) is 1. The molecule has 0 radical (unpaired) electrons. The number of piperidine rings is 1. The van der Waals surface area contributed by atoms with Crippen LogP contribution in [0.5, 0.6) is 0 Å². The minimum atomic E-state index is -0.167. The second-order valence-corrected chi connectivity index (χ2v) is 5.64. The third kappa shape index (κ3) is 2.99. The van der Waals surface area contributed by atoms with Crippen molar-refractivity contribution in [2.75, 3.05) is 19.6 Å². The van der Waals surface area contributed by atoms with Gasteiger partial charge in [-0.05, 0) is 45.2 Å². The summed E-state index contributed by atoms with van der Waals surface area (Å²) in [6.45, 7) is 5.51. The van der Waals surface area contributed by atoms with Gasteiger partial charge in [0, 0.05) is 24.5 Å². The summed E-state index contributed by atoms with van der Waals surface area (Å²) in [7, 11) is 0. The van der Waals surface area contributed by atoms with Crippen molar-refractivity contribution in [1.29, 1.82) is 0 Å². The molecule has 2 aliphatic heterocycles. The lowest BCUT2D eigenvalue weighted by Gasteiger charge is -2.44. The van der Waals surface area contributed by atoms with Gasteiger partial charge in [-0.25, -0.2) is 0 Å². The molecule has 2 saturated heterocycles. The van der Waals surface area contributed by atoms with Crippen molar-refractivity contribution in [2.24, 2.45) is 5.73 Å². The van der Waals surface area contributed by atoms with Gasteiger partial charge in [-0.3, -0.25) is 4.79 Å². The van der Waals surface area contributed by atoms with Crippen molar-refractivity contribution in [2.45, 2.75) is 57.0 Å². The molecule has 3 N–H and O–H groups in total. The van der Waals surface area contributed by atoms with Gasteiger partial charge >= 0.3 is 0 Å². The Hall–Kier alpha value is -0.610. The molecule has 0 bridgehead atoms. The van der Waals surface area contributed by atoms with E-state index in [2.05, 4.69) is 17.1 Å². The second-order valence-electron chi connectivity index (χ2n) is 5.64. The molecule has 0 aliphatic carbocycles. The van der Waals surface area contributed by atoms with Gasteiger partial charge in [0.1, 0.15) is 0 Å². The summed E-state index contributed by atoms with van der Waals surface area (Å²) >= 11 is 0. The molecule has 0 saturated carbocycles. The highest BCUT2D eigenvalue weighted by molar-refractivity contribution is 5.75. The van der Waals surface area contributed by atoms with E-state index in [1.165, 1.54) is 19.4 Å². The maximum atomic E-state index is 11.3. The number of carbonyl (C=O) groups is 1. The van der Waals surface area contributed by atoms with Crippen molar-refractivity contribution < 1.29 is 4.79 Å². The van der Waals surface area contributed by atoms with Crippen molar-refractivity contribution in [3.63, 3.8) is 0 Å². The molecular weight excluding hydrogens is 214 g/mol. The maximum absolute atomic E-state index is 11.3. The molecule has 1 amide bonds. The number of nitrogens with one attached hydrogen (secondary N) is 1. The molecule has 0 spiro atoms. The Balaban J connectivity index is 2.02. The van der Waals surface area contributed by atoms with Gasteiger partial charge in [-0.2, -0.15) is 0 Å². The highest BCUT2D eigenvalue weighted by Gasteiger charge is 2.41. The van der Waals surface area contributed by atoms with Crippen LogP contribution in [0.15, 0.2) is 0 Å². The van der Waals surface area contributed by atoms with E-state index in [-0.39, 0.29) is 11.4 Å². The van der Waals surface area contributed by atoms with Crippen LogP contribution in [-0.4, -0.2) is 42.0 Å². The standard InChI is InChI=1S/C13H25N3O/c1-2-6-15-13(10-12(14)17)5-8-16-7-3-4-11(16)9-13/h11,15H,2-10H2,1H3,(H2,14,17). The summed E-state index contributed by atoms with van der Waals surface area (Å²) < 4.78 is 0. The number of hydrogen-bond acceptors (Lipinski definition) is 3. The maximum Gasteiger partial charge on any atom is 0.219 e. The number of rotatable bonds is 5. The highest BCUT2D eigenvalue weighted by Crippen LogP contribution is 2.34. The molecule has 2 aliphatic rings. The summed E-state index contributed by atoms with van der Waals surface area (Å²) in [6, 6.07) is 0.674. The molecular formula is C13H25N3O. The van der Waals surface area contributed by atoms with Crippen LogP contribution < -0.4 is 11.1 Å². The van der Waals surface area contributed by atoms with Crippen molar-refractivity contribution in [3.8, 4) is 0 Å². The van der Waals surface area contributed by atoms with Gasteiger partial charge in [0.05, 0.1) is 0 Å². The van der Waals surface area contributed by atoms with E-state index >= 15 is 0 Å². The summed E-state index contributed by atoms with van der Waals surface area (Å²) in [5.74, 6) is -0.167. The number of carbonyl (C=O) groups excluding carboxylic acids is 1. The monoisotopic (exact) mass is 239 g/mol. The Morgan fingerprint density at radius 2 is 2.35 bits per heavy atom. The number of hydrogen-bond donors (Lipinski definition) is 2. The Kier molecular flexibility index (Phi) is 4.05. The molecule has 0 aromatic rings. The number of fused-ring (bicyclic) bond motifs is 1. The molecule has 2 fully saturated rings. The molecule has 4 heteroatoms. The average Bonchev–Trinajstić information content (AvgIpc) is 2.72. The van der Waals surface area contributed by atoms with Crippen LogP contribution in [0.25, 0.3) is 0 Å². The van der Waals surface area contributed by atoms with Gasteiger partial charge in [0.2, 0.25) is 5.91 Å². The first-order valence-corrected chi connectivity index (χ1v) is 6.92. The molecule has 2 rings (SSSR count). The fourth-order valence-corrected chi connectivity index (χ4v) is 3.44. The largest absolute Gasteiger partial charge is 0.370 e. The first-order valence-electron chi connectivity index (χ1n) is 6.92. The zero-order valence-electron chi connectivity index (χ0n) is 10.9. The minimum Gasteiger partial charge on any atom is -0.370 e. The fourth-order valence-electron chi connectivity index (χ4n) is 3.44. The smallest absolute Gasteiger partial charge is 0.219 e. The van der Waals surface area contributed by atoms with Gasteiger partial charge < -0.3 is 16.0 Å². The van der Waals surface area contributed by atoms with Crippen LogP contribution in [0.4, 0.5) is 0 Å². The Bertz CT molecular complexity index is 282. The van der Waals surface area contributed by atoms with Gasteiger partial charge in [-0.1, -0.05) is 6.92 Å². The summed E-state index contributed by atoms with van der Waals surface area (Å²) in [4.78, 5) is 13.9. The first-order chi connectivity index (χ1) is 8.15. The molecule has 2 atom stereocenters. The van der Waals surface area contributed by atoms with Gasteiger partial charge in [0.25, 0.3) is 0 Å². The predicted octanol–water partition coefficient (Wildman–Crippen LogP) is 0.858. The lowest BCUT2D eigenvalue weighted by Crippen LogP contribution is -2.57. The number of primary amides is 1. The summed E-state index contributed by atoms with van der Waals surface area (Å²) in [6.07, 6.45) is 6.36. The van der Waals surface area contributed by atoms with E-state index in [9.17, 15) is 4.79 Å². The molecule has 2 heterocycles. The third-order valence-electron chi connectivity index (χ3n) is 4.27. The van der Waals surface area contributed by atoms with E-state index in [4.69, 9.17) is 5.73 Å². The predicted molar refractivity (Wildman–Crippen MR) is 68.7 cm³/mol. The van der Waals surface area contributed by atoms with E-state index in [1.807, 2.05) is 0 Å². The highest BCUT2D eigenvalue weighted by atomic mass is 16.1. The zero-order chi connectivity index (χ0) is 12.3. The normalized spacial score (nSPS) is 33.6. The SMILES string of the molecule is CCCNC1(CC(N)=O)CCN2CCCC2C1. The molecule has 0 aromatic carbocycles. The first kappa shape index (κ1) is 12.8. The van der Waals surface area contributed by atoms with Crippen molar-refractivity contribution in [3.05, 3.63) is 0 Å². The fraction of sp³-hybridized carbons (Fsp3) is 0.923. The van der Waals surface area contributed by atoms with Crippen LogP contribution in [0.1, 0.15) is 45.4 Å². The van der Waals surface area contributed by atoms with Crippen LogP contribution >= 0.6 is 0 Å². The van der Waals surface area contributed by atoms with Crippen LogP contribution in [0.3, 0.4) is 0 Å². The van der Waals surface area contributed by atoms with E-state index in [0.717, 1.165) is 32.4 Å². The Morgan fingerprint density at radius 1 is 1.53 bits per heavy atom. The topological polar surface area (TPSA) is 58.4 Å². The van der Waals surface area contributed by atoms with Crippen molar-refractivity contribution >= 4 is 5.91 Å². The van der Waals surface area contributed by atoms with E-state index in [0.29, 0.717) is 12.5 Å². The van der Waals surface area contributed by atoms with Crippen LogP contribution in [0.2, 0.25) is 0 Å². The lowest BCUT2D eigenvalue weighted by molar-refractivity contribution is -0.120. The number of nitrogens with zero attached hydrogens (tertiary/aromatic N) is 1. The quantitative estimate of drug-likeness (QED) is 0.748. The van der Waals surface area contributed by atoms with E-state index in [1.54, 1.807) is 0 Å². The average molecular weight is 239 g/mol. The molecule has 0 aromatic heterocycles. The zero-order valence-corrected chi connectivity index (χ0v) is 10.9. The lowest BCUT2D eigenvalue weighted by atomic mass is 9.80. The summed E-state index contributed by atoms with van der Waals surface area (Å²) in [5, 5.41) is 3.60. The van der Waals surface area contributed by atoms with Gasteiger partial charge in [0.15, 0.2) is 0 Å². The van der Waals surface area contributed by atoms with Gasteiger partial charge in [-0.15, -0.1) is 0 Å². The van der Waals surface area contributed by atoms with Crippen LogP contribution in [-0.2, 0) is 4.79 Å². The number of amides is 1. The van der Waals surface area contributed by atoms with Crippen molar-refractivity contribution in [1.82, 2.24) is 10.2 Å². The minimum absolute atomic E-state index is 0.0205. The third-order valence-corrected chi connectivity index (χ3v) is 4.27. The Labute approximate surface area is 104 Å². The molecule has 4 nitrogen and oxygen atoms in total. The molecule has 98 valence electrons. The molecule has 17 heavy (non-hydrogen) atoms. The molecule has 2 unspecified atom stereocenters. The van der Waals surface area contributed by atoms with Crippen LogP contribution in [0, 0.1) is 0 Å². The summed E-state index contributed by atoms with van der Waals surface area (Å²) in [5.41, 5.74) is 5.40. The second kappa shape index (κ2) is 5.36. The Morgan fingerprint density at radius 3 is 3.06 bits per heavy atom.